The summed E-state index contributed by atoms with van der Waals surface area (Å²) in [4.78, 5) is 27.7. The van der Waals surface area contributed by atoms with Crippen molar-refractivity contribution in [2.75, 3.05) is 11.5 Å². The second-order valence-electron chi connectivity index (χ2n) is 8.43. The van der Waals surface area contributed by atoms with E-state index in [0.717, 1.165) is 15.7 Å². The highest BCUT2D eigenvalue weighted by Gasteiger charge is 2.23. The summed E-state index contributed by atoms with van der Waals surface area (Å²) in [6.45, 7) is 6.28. The molecule has 0 atom stereocenters. The molecule has 0 radical (unpaired) electrons. The van der Waals surface area contributed by atoms with E-state index >= 15 is 0 Å². The maximum absolute atomic E-state index is 13.4. The van der Waals surface area contributed by atoms with E-state index in [-0.39, 0.29) is 43.7 Å². The van der Waals surface area contributed by atoms with E-state index in [1.807, 2.05) is 44.2 Å². The van der Waals surface area contributed by atoms with Gasteiger partial charge in [0.05, 0.1) is 6.54 Å². The molecule has 0 aliphatic heterocycles. The summed E-state index contributed by atoms with van der Waals surface area (Å²) in [7, 11) is 0. The molecule has 1 heterocycles. The molecule has 1 aromatic heterocycles. The number of halogens is 1. The first-order valence-corrected chi connectivity index (χ1v) is 12.0. The van der Waals surface area contributed by atoms with E-state index in [9.17, 15) is 14.7 Å². The van der Waals surface area contributed by atoms with Crippen LogP contribution in [0.1, 0.15) is 44.2 Å². The highest BCUT2D eigenvalue weighted by molar-refractivity contribution is 6.30. The maximum Gasteiger partial charge on any atom is 0.331 e. The first kappa shape index (κ1) is 26.2. The molecule has 186 valence electrons. The Morgan fingerprint density at radius 3 is 2.46 bits per heavy atom. The zero-order chi connectivity index (χ0) is 25.5. The van der Waals surface area contributed by atoms with Crippen LogP contribution in [-0.4, -0.2) is 26.9 Å². The Balaban J connectivity index is 2.12. The number of hydrogen-bond acceptors (Lipinski definition) is 5. The Hall–Kier alpha value is -3.36. The van der Waals surface area contributed by atoms with Crippen LogP contribution in [0.4, 0.5) is 5.69 Å². The second-order valence-corrected chi connectivity index (χ2v) is 8.87. The summed E-state index contributed by atoms with van der Waals surface area (Å²) in [5.41, 5.74) is 0.857. The lowest BCUT2D eigenvalue weighted by Crippen LogP contribution is -2.45. The number of aryl methyl sites for hydroxylation is 1. The van der Waals surface area contributed by atoms with Crippen LogP contribution in [-0.2, 0) is 19.6 Å². The van der Waals surface area contributed by atoms with Gasteiger partial charge in [0.25, 0.3) is 11.6 Å². The van der Waals surface area contributed by atoms with E-state index in [4.69, 9.17) is 21.7 Å². The minimum absolute atomic E-state index is 0.0706. The van der Waals surface area contributed by atoms with Crippen molar-refractivity contribution in [2.45, 2.75) is 52.7 Å². The van der Waals surface area contributed by atoms with Gasteiger partial charge in [-0.1, -0.05) is 55.8 Å². The summed E-state index contributed by atoms with van der Waals surface area (Å²) in [6, 6.07) is 14.3. The number of ether oxygens (including phenoxy) is 1. The minimum Gasteiger partial charge on any atom is -0.426 e. The summed E-state index contributed by atoms with van der Waals surface area (Å²) >= 11 is 6.04. The number of benzene rings is 2. The van der Waals surface area contributed by atoms with Crippen LogP contribution in [0.25, 0.3) is 0 Å². The Morgan fingerprint density at radius 1 is 1.14 bits per heavy atom. The Kier molecular flexibility index (Phi) is 8.89. The summed E-state index contributed by atoms with van der Waals surface area (Å²) in [5.74, 6) is 0.694. The van der Waals surface area contributed by atoms with Gasteiger partial charge in [-0.25, -0.2) is 4.79 Å². The third-order valence-electron chi connectivity index (χ3n) is 5.64. The summed E-state index contributed by atoms with van der Waals surface area (Å²) in [5, 5.41) is 18.7. The van der Waals surface area contributed by atoms with E-state index in [0.29, 0.717) is 17.3 Å². The lowest BCUT2D eigenvalue weighted by Gasteiger charge is -2.26. The summed E-state index contributed by atoms with van der Waals surface area (Å²) in [6.07, 6.45) is 1.72. The molecule has 9 heteroatoms. The first-order valence-electron chi connectivity index (χ1n) is 11.6. The molecule has 3 aromatic rings. The second kappa shape index (κ2) is 11.9. The predicted octanol–water partition coefficient (Wildman–Crippen LogP) is 4.21. The fourth-order valence-corrected chi connectivity index (χ4v) is 3.85. The molecule has 35 heavy (non-hydrogen) atoms. The van der Waals surface area contributed by atoms with Gasteiger partial charge < -0.3 is 9.84 Å². The number of hydrogen-bond donors (Lipinski definition) is 2. The molecule has 0 fully saturated rings. The van der Waals surface area contributed by atoms with Gasteiger partial charge in [-0.2, -0.15) is 0 Å². The van der Waals surface area contributed by atoms with Gasteiger partial charge in [0.1, 0.15) is 11.4 Å². The molecule has 0 saturated carbocycles. The van der Waals surface area contributed by atoms with Gasteiger partial charge in [0, 0.05) is 30.9 Å². The van der Waals surface area contributed by atoms with Crippen LogP contribution in [0.2, 0.25) is 5.02 Å². The molecule has 0 unspecified atom stereocenters. The molecule has 0 aliphatic rings. The van der Waals surface area contributed by atoms with E-state index < -0.39 is 11.2 Å². The zero-order valence-corrected chi connectivity index (χ0v) is 21.0. The van der Waals surface area contributed by atoms with Gasteiger partial charge in [-0.15, -0.1) is 0 Å². The average molecular weight is 499 g/mol. The fraction of sp³-hybridized carbons (Fsp3) is 0.346. The van der Waals surface area contributed by atoms with Crippen molar-refractivity contribution in [3.8, 4) is 5.75 Å². The molecule has 0 spiro atoms. The quantitative estimate of drug-likeness (QED) is 0.340. The molecular formula is C26H31ClN4O4. The van der Waals surface area contributed by atoms with Crippen LogP contribution in [0.5, 0.6) is 5.75 Å². The molecule has 0 bridgehead atoms. The number of aliphatic hydroxyl groups is 1. The number of aliphatic hydroxyl groups excluding tert-OH is 1. The molecule has 0 saturated heterocycles. The van der Waals surface area contributed by atoms with Crippen LogP contribution < -0.4 is 20.9 Å². The van der Waals surface area contributed by atoms with Crippen LogP contribution in [0.3, 0.4) is 0 Å². The van der Waals surface area contributed by atoms with Crippen molar-refractivity contribution in [3.63, 3.8) is 0 Å². The monoisotopic (exact) mass is 498 g/mol. The first-order chi connectivity index (χ1) is 16.8. The zero-order valence-electron chi connectivity index (χ0n) is 20.2. The van der Waals surface area contributed by atoms with E-state index in [1.54, 1.807) is 25.1 Å². The molecule has 2 aromatic carbocycles. The van der Waals surface area contributed by atoms with Crippen molar-refractivity contribution in [3.05, 3.63) is 91.7 Å². The maximum atomic E-state index is 13.4. The standard InChI is InChI=1S/C26H31ClN4O4/c1-4-29-17-22(24(33)30(26(29)34)14-7-15-32)31(16-19-10-12-20(27)13-11-19)25(28)35-23-9-6-5-8-21(23)18(2)3/h5-6,8-13,17-18,28,32H,4,7,14-16H2,1-3H3. The number of amidine groups is 1. The molecular weight excluding hydrogens is 468 g/mol. The molecule has 2 N–H and O–H groups in total. The Bertz CT molecular complexity index is 1280. The van der Waals surface area contributed by atoms with Crippen molar-refractivity contribution < 1.29 is 9.84 Å². The SMILES string of the molecule is CCn1cc(N(Cc2ccc(Cl)cc2)C(=N)Oc2ccccc2C(C)C)c(=O)n(CCCO)c1=O. The van der Waals surface area contributed by atoms with Crippen molar-refractivity contribution in [2.24, 2.45) is 0 Å². The van der Waals surface area contributed by atoms with Crippen molar-refractivity contribution >= 4 is 23.3 Å². The third-order valence-corrected chi connectivity index (χ3v) is 5.89. The van der Waals surface area contributed by atoms with Crippen LogP contribution >= 0.6 is 11.6 Å². The Morgan fingerprint density at radius 2 is 1.83 bits per heavy atom. The predicted molar refractivity (Wildman–Crippen MR) is 139 cm³/mol. The van der Waals surface area contributed by atoms with Crippen molar-refractivity contribution in [1.82, 2.24) is 9.13 Å². The minimum atomic E-state index is -0.549. The van der Waals surface area contributed by atoms with Gasteiger partial charge in [0.2, 0.25) is 0 Å². The highest BCUT2D eigenvalue weighted by Crippen LogP contribution is 2.27. The van der Waals surface area contributed by atoms with Crippen molar-refractivity contribution in [1.29, 1.82) is 5.41 Å². The number of para-hydroxylation sites is 1. The largest absolute Gasteiger partial charge is 0.426 e. The lowest BCUT2D eigenvalue weighted by molar-refractivity contribution is 0.277. The topological polar surface area (TPSA) is 101 Å². The molecule has 0 aliphatic carbocycles. The Labute approximate surface area is 209 Å². The molecule has 0 amide bonds. The third kappa shape index (κ3) is 6.21. The van der Waals surface area contributed by atoms with Gasteiger partial charge in [-0.05, 0) is 48.6 Å². The van der Waals surface area contributed by atoms with Gasteiger partial charge >= 0.3 is 5.69 Å². The highest BCUT2D eigenvalue weighted by atomic mass is 35.5. The van der Waals surface area contributed by atoms with Gasteiger partial charge in [-0.3, -0.25) is 24.2 Å². The van der Waals surface area contributed by atoms with Crippen LogP contribution in [0.15, 0.2) is 64.3 Å². The average Bonchev–Trinajstić information content (AvgIpc) is 2.84. The summed E-state index contributed by atoms with van der Waals surface area (Å²) < 4.78 is 8.52. The van der Waals surface area contributed by atoms with Gasteiger partial charge in [0.15, 0.2) is 0 Å². The number of nitrogens with one attached hydrogen (secondary N) is 1. The normalized spacial score (nSPS) is 11.0. The smallest absolute Gasteiger partial charge is 0.331 e. The number of aromatic nitrogens is 2. The fourth-order valence-electron chi connectivity index (χ4n) is 3.72. The van der Waals surface area contributed by atoms with E-state index in [1.165, 1.54) is 15.7 Å². The van der Waals surface area contributed by atoms with E-state index in [2.05, 4.69) is 0 Å². The number of rotatable bonds is 9. The van der Waals surface area contributed by atoms with Crippen LogP contribution in [0, 0.1) is 5.41 Å². The number of anilines is 1. The molecule has 8 nitrogen and oxygen atoms in total. The number of nitrogens with zero attached hydrogens (tertiary/aromatic N) is 3. The molecule has 3 rings (SSSR count). The lowest BCUT2D eigenvalue weighted by atomic mass is 10.0.